The van der Waals surface area contributed by atoms with Gasteiger partial charge in [-0.05, 0) is 18.6 Å². The molecule has 102 valence electrons. The van der Waals surface area contributed by atoms with Crippen molar-refractivity contribution in [1.29, 1.82) is 0 Å². The zero-order valence-electron chi connectivity index (χ0n) is 10.9. The van der Waals surface area contributed by atoms with Gasteiger partial charge >= 0.3 is 0 Å². The van der Waals surface area contributed by atoms with Crippen LogP contribution in [0.15, 0.2) is 18.3 Å². The number of carbonyl (C=O) groups is 1. The van der Waals surface area contributed by atoms with E-state index in [9.17, 15) is 4.79 Å². The Hall–Kier alpha value is -1.69. The van der Waals surface area contributed by atoms with E-state index in [4.69, 9.17) is 4.74 Å². The Bertz CT molecular complexity index is 434. The highest BCUT2D eigenvalue weighted by molar-refractivity contribution is 5.80. The molecule has 0 N–H and O–H groups in total. The van der Waals surface area contributed by atoms with Crippen molar-refractivity contribution in [3.8, 4) is 0 Å². The Labute approximate surface area is 112 Å². The number of rotatable bonds is 2. The zero-order valence-corrected chi connectivity index (χ0v) is 10.9. The zero-order chi connectivity index (χ0) is 13.1. The molecule has 2 fully saturated rings. The fourth-order valence-electron chi connectivity index (χ4n) is 2.67. The summed E-state index contributed by atoms with van der Waals surface area (Å²) in [6, 6.07) is 3.81. The second kappa shape index (κ2) is 5.52. The topological polar surface area (TPSA) is 58.6 Å². The first kappa shape index (κ1) is 12.3. The predicted molar refractivity (Wildman–Crippen MR) is 69.8 cm³/mol. The van der Waals surface area contributed by atoms with Crippen LogP contribution in [0.4, 0.5) is 5.82 Å². The van der Waals surface area contributed by atoms with Crippen molar-refractivity contribution >= 4 is 11.7 Å². The molecule has 1 atom stereocenters. The number of hydrogen-bond donors (Lipinski definition) is 0. The van der Waals surface area contributed by atoms with Gasteiger partial charge in [-0.15, -0.1) is 5.10 Å². The Morgan fingerprint density at radius 1 is 1.32 bits per heavy atom. The summed E-state index contributed by atoms with van der Waals surface area (Å²) >= 11 is 0. The van der Waals surface area contributed by atoms with Crippen LogP contribution in [0.5, 0.6) is 0 Å². The molecule has 19 heavy (non-hydrogen) atoms. The first-order valence-corrected chi connectivity index (χ1v) is 6.74. The van der Waals surface area contributed by atoms with E-state index in [1.807, 2.05) is 17.0 Å². The standard InChI is InChI=1S/C13H18N4O2/c18-13(16-6-8-19-9-7-16)11-3-5-17(10-11)12-2-1-4-14-15-12/h1-2,4,11H,3,5-10H2/t11-/m1/s1. The van der Waals surface area contributed by atoms with Gasteiger partial charge in [-0.3, -0.25) is 4.79 Å². The number of aromatic nitrogens is 2. The van der Waals surface area contributed by atoms with Crippen LogP contribution in [0.1, 0.15) is 6.42 Å². The van der Waals surface area contributed by atoms with E-state index < -0.39 is 0 Å². The Morgan fingerprint density at radius 3 is 2.89 bits per heavy atom. The van der Waals surface area contributed by atoms with Gasteiger partial charge in [-0.2, -0.15) is 5.10 Å². The van der Waals surface area contributed by atoms with Gasteiger partial charge < -0.3 is 14.5 Å². The van der Waals surface area contributed by atoms with E-state index >= 15 is 0 Å². The number of carbonyl (C=O) groups excluding carboxylic acids is 1. The molecule has 0 saturated carbocycles. The fourth-order valence-corrected chi connectivity index (χ4v) is 2.67. The maximum atomic E-state index is 12.4. The van der Waals surface area contributed by atoms with Crippen LogP contribution in [0.25, 0.3) is 0 Å². The number of amides is 1. The van der Waals surface area contributed by atoms with E-state index in [1.54, 1.807) is 6.20 Å². The van der Waals surface area contributed by atoms with Gasteiger partial charge in [0, 0.05) is 32.4 Å². The summed E-state index contributed by atoms with van der Waals surface area (Å²) in [6.45, 7) is 4.38. The van der Waals surface area contributed by atoms with Crippen molar-refractivity contribution < 1.29 is 9.53 Å². The molecule has 6 heteroatoms. The third-order valence-corrected chi connectivity index (χ3v) is 3.74. The summed E-state index contributed by atoms with van der Waals surface area (Å²) in [5, 5.41) is 7.98. The largest absolute Gasteiger partial charge is 0.378 e. The van der Waals surface area contributed by atoms with E-state index in [0.717, 1.165) is 38.4 Å². The van der Waals surface area contributed by atoms with E-state index in [2.05, 4.69) is 15.1 Å². The summed E-state index contributed by atoms with van der Waals surface area (Å²) in [6.07, 6.45) is 2.56. The second-order valence-electron chi connectivity index (χ2n) is 4.95. The molecule has 0 bridgehead atoms. The minimum absolute atomic E-state index is 0.0834. The molecule has 0 aliphatic carbocycles. The van der Waals surface area contributed by atoms with Crippen molar-refractivity contribution in [2.75, 3.05) is 44.3 Å². The van der Waals surface area contributed by atoms with Crippen LogP contribution in [0, 0.1) is 5.92 Å². The number of hydrogen-bond acceptors (Lipinski definition) is 5. The molecule has 3 heterocycles. The predicted octanol–water partition coefficient (Wildman–Crippen LogP) is 0.162. The smallest absolute Gasteiger partial charge is 0.227 e. The van der Waals surface area contributed by atoms with Crippen molar-refractivity contribution in [2.45, 2.75) is 6.42 Å². The molecule has 1 amide bonds. The summed E-state index contributed by atoms with van der Waals surface area (Å²) in [4.78, 5) is 16.4. The monoisotopic (exact) mass is 262 g/mol. The van der Waals surface area contributed by atoms with Crippen molar-refractivity contribution in [1.82, 2.24) is 15.1 Å². The van der Waals surface area contributed by atoms with Gasteiger partial charge in [0.05, 0.1) is 19.1 Å². The van der Waals surface area contributed by atoms with Gasteiger partial charge in [0.1, 0.15) is 0 Å². The minimum Gasteiger partial charge on any atom is -0.378 e. The van der Waals surface area contributed by atoms with Crippen LogP contribution in [0.2, 0.25) is 0 Å². The van der Waals surface area contributed by atoms with Crippen molar-refractivity contribution in [2.24, 2.45) is 5.92 Å². The highest BCUT2D eigenvalue weighted by atomic mass is 16.5. The average Bonchev–Trinajstić information content (AvgIpc) is 2.98. The highest BCUT2D eigenvalue weighted by Gasteiger charge is 2.32. The van der Waals surface area contributed by atoms with Crippen LogP contribution in [-0.2, 0) is 9.53 Å². The van der Waals surface area contributed by atoms with Gasteiger partial charge in [0.25, 0.3) is 0 Å². The number of ether oxygens (including phenoxy) is 1. The molecule has 3 rings (SSSR count). The first-order valence-electron chi connectivity index (χ1n) is 6.74. The molecule has 0 unspecified atom stereocenters. The molecule has 0 spiro atoms. The highest BCUT2D eigenvalue weighted by Crippen LogP contribution is 2.23. The summed E-state index contributed by atoms with van der Waals surface area (Å²) < 4.78 is 5.28. The van der Waals surface area contributed by atoms with Gasteiger partial charge in [-0.1, -0.05) is 0 Å². The molecule has 2 saturated heterocycles. The van der Waals surface area contributed by atoms with Crippen LogP contribution in [-0.4, -0.2) is 60.4 Å². The average molecular weight is 262 g/mol. The molecule has 2 aliphatic rings. The van der Waals surface area contributed by atoms with E-state index in [-0.39, 0.29) is 11.8 Å². The van der Waals surface area contributed by atoms with Gasteiger partial charge in [0.15, 0.2) is 5.82 Å². The normalized spacial score (nSPS) is 23.7. The van der Waals surface area contributed by atoms with Gasteiger partial charge in [-0.25, -0.2) is 0 Å². The van der Waals surface area contributed by atoms with E-state index in [1.165, 1.54) is 0 Å². The van der Waals surface area contributed by atoms with E-state index in [0.29, 0.717) is 13.2 Å². The second-order valence-corrected chi connectivity index (χ2v) is 4.95. The summed E-state index contributed by atoms with van der Waals surface area (Å²) in [5.41, 5.74) is 0. The third kappa shape index (κ3) is 2.68. The third-order valence-electron chi connectivity index (χ3n) is 3.74. The summed E-state index contributed by atoms with van der Waals surface area (Å²) in [7, 11) is 0. The fraction of sp³-hybridized carbons (Fsp3) is 0.615. The Morgan fingerprint density at radius 2 is 2.16 bits per heavy atom. The van der Waals surface area contributed by atoms with Crippen LogP contribution < -0.4 is 4.90 Å². The molecule has 1 aromatic heterocycles. The number of nitrogens with zero attached hydrogens (tertiary/aromatic N) is 4. The lowest BCUT2D eigenvalue weighted by Crippen LogP contribution is -2.44. The lowest BCUT2D eigenvalue weighted by atomic mass is 10.1. The molecular weight excluding hydrogens is 244 g/mol. The lowest BCUT2D eigenvalue weighted by Gasteiger charge is -2.29. The van der Waals surface area contributed by atoms with Crippen molar-refractivity contribution in [3.05, 3.63) is 18.3 Å². The molecule has 0 aromatic carbocycles. The quantitative estimate of drug-likeness (QED) is 0.760. The first-order chi connectivity index (χ1) is 9.34. The number of morpholine rings is 1. The summed E-state index contributed by atoms with van der Waals surface area (Å²) in [5.74, 6) is 1.20. The SMILES string of the molecule is O=C([C@@H]1CCN(c2cccnn2)C1)N1CCOCC1. The maximum absolute atomic E-state index is 12.4. The van der Waals surface area contributed by atoms with Crippen LogP contribution >= 0.6 is 0 Å². The Balaban J connectivity index is 1.61. The molecule has 2 aliphatic heterocycles. The Kier molecular flexibility index (Phi) is 3.59. The molecule has 0 radical (unpaired) electrons. The minimum atomic E-state index is 0.0834. The molecule has 6 nitrogen and oxygen atoms in total. The number of anilines is 1. The van der Waals surface area contributed by atoms with Gasteiger partial charge in [0.2, 0.25) is 5.91 Å². The van der Waals surface area contributed by atoms with Crippen LogP contribution in [0.3, 0.4) is 0 Å². The molecular formula is C13H18N4O2. The molecule has 1 aromatic rings. The lowest BCUT2D eigenvalue weighted by molar-refractivity contribution is -0.138. The maximum Gasteiger partial charge on any atom is 0.227 e. The van der Waals surface area contributed by atoms with Crippen molar-refractivity contribution in [3.63, 3.8) is 0 Å².